The number of rotatable bonds is 4. The minimum absolute atomic E-state index is 0.0327. The molecular formula is C26H28N2O3. The van der Waals surface area contributed by atoms with Crippen molar-refractivity contribution in [3.63, 3.8) is 0 Å². The van der Waals surface area contributed by atoms with E-state index in [4.69, 9.17) is 4.74 Å². The zero-order chi connectivity index (χ0) is 21.4. The maximum atomic E-state index is 13.3. The van der Waals surface area contributed by atoms with Crippen LogP contribution in [0.25, 0.3) is 10.9 Å². The fourth-order valence-corrected chi connectivity index (χ4v) is 5.36. The van der Waals surface area contributed by atoms with Crippen molar-refractivity contribution in [1.29, 1.82) is 0 Å². The van der Waals surface area contributed by atoms with Crippen LogP contribution in [0.15, 0.2) is 60.8 Å². The summed E-state index contributed by atoms with van der Waals surface area (Å²) in [6, 6.07) is 18.0. The Hall–Kier alpha value is -3.08. The summed E-state index contributed by atoms with van der Waals surface area (Å²) in [6.07, 6.45) is 6.22. The molecule has 1 aromatic heterocycles. The van der Waals surface area contributed by atoms with Crippen molar-refractivity contribution in [2.24, 2.45) is 13.0 Å². The quantitative estimate of drug-likeness (QED) is 0.540. The average Bonchev–Trinajstić information content (AvgIpc) is 3.17. The first-order chi connectivity index (χ1) is 15.1. The van der Waals surface area contributed by atoms with Crippen molar-refractivity contribution in [2.45, 2.75) is 50.8 Å². The van der Waals surface area contributed by atoms with E-state index in [0.717, 1.165) is 54.1 Å². The summed E-state index contributed by atoms with van der Waals surface area (Å²) < 4.78 is 7.70. The van der Waals surface area contributed by atoms with Crippen LogP contribution in [0.5, 0.6) is 0 Å². The third-order valence-corrected chi connectivity index (χ3v) is 6.93. The number of piperidine rings is 2. The van der Waals surface area contributed by atoms with Gasteiger partial charge in [0.1, 0.15) is 6.61 Å². The van der Waals surface area contributed by atoms with Crippen molar-refractivity contribution in [3.8, 4) is 0 Å². The lowest BCUT2D eigenvalue weighted by molar-refractivity contribution is 0.00473. The number of nitrogens with zero attached hydrogens (tertiary/aromatic N) is 2. The Labute approximate surface area is 182 Å². The highest BCUT2D eigenvalue weighted by Crippen LogP contribution is 2.39. The minimum atomic E-state index is -0.241. The highest BCUT2D eigenvalue weighted by atomic mass is 16.6. The predicted octanol–water partition coefficient (Wildman–Crippen LogP) is 5.33. The van der Waals surface area contributed by atoms with Gasteiger partial charge < -0.3 is 14.2 Å². The van der Waals surface area contributed by atoms with Crippen molar-refractivity contribution < 1.29 is 14.3 Å². The summed E-state index contributed by atoms with van der Waals surface area (Å²) in [4.78, 5) is 28.2. The molecule has 2 aliphatic heterocycles. The monoisotopic (exact) mass is 416 g/mol. The van der Waals surface area contributed by atoms with Gasteiger partial charge >= 0.3 is 6.09 Å². The largest absolute Gasteiger partial charge is 0.445 e. The van der Waals surface area contributed by atoms with Gasteiger partial charge in [-0.3, -0.25) is 4.79 Å². The third-order valence-electron chi connectivity index (χ3n) is 6.93. The van der Waals surface area contributed by atoms with Crippen molar-refractivity contribution >= 4 is 22.8 Å². The van der Waals surface area contributed by atoms with Gasteiger partial charge in [-0.2, -0.15) is 0 Å². The zero-order valence-electron chi connectivity index (χ0n) is 17.9. The molecule has 2 fully saturated rings. The Bertz CT molecular complexity index is 1090. The Morgan fingerprint density at radius 3 is 2.48 bits per heavy atom. The SMILES string of the molecule is Cn1ccc2cc(C(=O)C3CC4CCCC(C3)N4C(=O)OCc3ccccc3)ccc21. The van der Waals surface area contributed by atoms with Gasteiger partial charge in [0.15, 0.2) is 5.78 Å². The maximum Gasteiger partial charge on any atom is 0.410 e. The van der Waals surface area contributed by atoms with E-state index in [1.165, 1.54) is 0 Å². The Kier molecular flexibility index (Phi) is 5.26. The normalized spacial score (nSPS) is 23.0. The minimum Gasteiger partial charge on any atom is -0.445 e. The summed E-state index contributed by atoms with van der Waals surface area (Å²) in [5.74, 6) is 0.176. The van der Waals surface area contributed by atoms with E-state index in [-0.39, 0.29) is 36.5 Å². The molecule has 3 heterocycles. The first-order valence-electron chi connectivity index (χ1n) is 11.2. The van der Waals surface area contributed by atoms with E-state index in [2.05, 4.69) is 4.57 Å². The van der Waals surface area contributed by atoms with Gasteiger partial charge in [0.25, 0.3) is 0 Å². The van der Waals surface area contributed by atoms with Crippen molar-refractivity contribution in [1.82, 2.24) is 9.47 Å². The first kappa shape index (κ1) is 19.9. The molecule has 31 heavy (non-hydrogen) atoms. The number of ether oxygens (including phenoxy) is 1. The molecule has 2 unspecified atom stereocenters. The van der Waals surface area contributed by atoms with Crippen LogP contribution in [0.2, 0.25) is 0 Å². The fraction of sp³-hybridized carbons (Fsp3) is 0.385. The van der Waals surface area contributed by atoms with Gasteiger partial charge in [0.2, 0.25) is 0 Å². The van der Waals surface area contributed by atoms with Crippen LogP contribution in [-0.4, -0.2) is 33.4 Å². The summed E-state index contributed by atoms with van der Waals surface area (Å²) >= 11 is 0. The van der Waals surface area contributed by atoms with Crippen LogP contribution in [0.3, 0.4) is 0 Å². The summed E-state index contributed by atoms with van der Waals surface area (Å²) in [7, 11) is 2.01. The van der Waals surface area contributed by atoms with Gasteiger partial charge in [0.05, 0.1) is 0 Å². The second kappa shape index (κ2) is 8.22. The van der Waals surface area contributed by atoms with Crippen LogP contribution >= 0.6 is 0 Å². The first-order valence-corrected chi connectivity index (χ1v) is 11.2. The van der Waals surface area contributed by atoms with Crippen molar-refractivity contribution in [2.75, 3.05) is 0 Å². The molecule has 0 aliphatic carbocycles. The smallest absolute Gasteiger partial charge is 0.410 e. The van der Waals surface area contributed by atoms with Gasteiger partial charge in [-0.1, -0.05) is 30.3 Å². The molecule has 0 radical (unpaired) electrons. The van der Waals surface area contributed by atoms with Crippen LogP contribution in [0.4, 0.5) is 4.79 Å². The molecule has 2 atom stereocenters. The Morgan fingerprint density at radius 1 is 1.00 bits per heavy atom. The van der Waals surface area contributed by atoms with Crippen LogP contribution in [-0.2, 0) is 18.4 Å². The Balaban J connectivity index is 1.28. The van der Waals surface area contributed by atoms with E-state index >= 15 is 0 Å². The van der Waals surface area contributed by atoms with E-state index < -0.39 is 0 Å². The van der Waals surface area contributed by atoms with E-state index in [9.17, 15) is 9.59 Å². The molecule has 2 bridgehead atoms. The molecule has 2 aromatic carbocycles. The lowest BCUT2D eigenvalue weighted by Crippen LogP contribution is -2.55. The van der Waals surface area contributed by atoms with Crippen LogP contribution in [0.1, 0.15) is 48.0 Å². The maximum absolute atomic E-state index is 13.3. The number of aryl methyl sites for hydroxylation is 1. The van der Waals surface area contributed by atoms with E-state index in [0.29, 0.717) is 0 Å². The number of carbonyl (C=O) groups is 2. The third kappa shape index (κ3) is 3.85. The van der Waals surface area contributed by atoms with Gasteiger partial charge in [-0.05, 0) is 61.9 Å². The van der Waals surface area contributed by atoms with Gasteiger partial charge in [-0.15, -0.1) is 0 Å². The molecule has 1 amide bonds. The lowest BCUT2D eigenvalue weighted by Gasteiger charge is -2.47. The fourth-order valence-electron chi connectivity index (χ4n) is 5.36. The summed E-state index contributed by atoms with van der Waals surface area (Å²) in [6.45, 7) is 0.287. The Morgan fingerprint density at radius 2 is 1.74 bits per heavy atom. The molecular weight excluding hydrogens is 388 g/mol. The second-order valence-electron chi connectivity index (χ2n) is 8.92. The topological polar surface area (TPSA) is 51.5 Å². The number of Topliss-reactive ketones (excluding diaryl/α,β-unsaturated/α-hetero) is 1. The highest BCUT2D eigenvalue weighted by molar-refractivity contribution is 6.01. The number of fused-ring (bicyclic) bond motifs is 3. The lowest BCUT2D eigenvalue weighted by atomic mass is 9.76. The molecule has 3 aromatic rings. The van der Waals surface area contributed by atoms with Crippen LogP contribution < -0.4 is 0 Å². The number of ketones is 1. The molecule has 5 rings (SSSR count). The second-order valence-corrected chi connectivity index (χ2v) is 8.92. The molecule has 0 N–H and O–H groups in total. The number of benzene rings is 2. The van der Waals surface area contributed by atoms with Gasteiger partial charge in [0, 0.05) is 47.7 Å². The van der Waals surface area contributed by atoms with E-state index in [1.807, 2.05) is 72.7 Å². The number of aromatic nitrogens is 1. The molecule has 160 valence electrons. The van der Waals surface area contributed by atoms with E-state index in [1.54, 1.807) is 0 Å². The molecule has 5 heteroatoms. The molecule has 2 aliphatic rings. The predicted molar refractivity (Wildman–Crippen MR) is 120 cm³/mol. The standard InChI is InChI=1S/C26H28N2O3/c1-27-13-12-19-14-20(10-11-24(19)27)25(29)21-15-22-8-5-9-23(16-21)28(22)26(30)31-17-18-6-3-2-4-7-18/h2-4,6-7,10-14,21-23H,5,8-9,15-17H2,1H3. The molecule has 0 spiro atoms. The average molecular weight is 417 g/mol. The van der Waals surface area contributed by atoms with Gasteiger partial charge in [-0.25, -0.2) is 4.79 Å². The number of carbonyl (C=O) groups excluding carboxylic acids is 2. The molecule has 5 nitrogen and oxygen atoms in total. The molecule has 0 saturated carbocycles. The number of hydrogen-bond donors (Lipinski definition) is 0. The number of hydrogen-bond acceptors (Lipinski definition) is 3. The zero-order valence-corrected chi connectivity index (χ0v) is 17.9. The van der Waals surface area contributed by atoms with Crippen LogP contribution in [0, 0.1) is 5.92 Å². The van der Waals surface area contributed by atoms with Crippen molar-refractivity contribution in [3.05, 3.63) is 71.9 Å². The molecule has 2 saturated heterocycles. The number of amides is 1. The summed E-state index contributed by atoms with van der Waals surface area (Å²) in [5, 5.41) is 1.09. The highest BCUT2D eigenvalue weighted by Gasteiger charge is 2.43. The summed E-state index contributed by atoms with van der Waals surface area (Å²) in [5.41, 5.74) is 2.90.